The van der Waals surface area contributed by atoms with Crippen molar-refractivity contribution in [3.63, 3.8) is 0 Å². The second-order valence-corrected chi connectivity index (χ2v) is 9.03. The van der Waals surface area contributed by atoms with Crippen molar-refractivity contribution in [1.29, 1.82) is 0 Å². The highest BCUT2D eigenvalue weighted by atomic mass is 32.2. The highest BCUT2D eigenvalue weighted by Gasteiger charge is 2.31. The summed E-state index contributed by atoms with van der Waals surface area (Å²) in [7, 11) is 3.81. The third-order valence-electron chi connectivity index (χ3n) is 4.53. The van der Waals surface area contributed by atoms with Gasteiger partial charge in [0, 0.05) is 46.3 Å². The SMILES string of the molecule is C[C@@H]1CN(C)C(=O)c2cc(N(C)C)ccc2O[C@@H]1CN(C)S(C)(=O)=O. The zero-order valence-corrected chi connectivity index (χ0v) is 16.5. The standard InChI is InChI=1S/C17H27N3O4S/c1-12-10-19(4)17(21)14-9-13(18(2)3)7-8-15(14)24-16(12)11-20(5)25(6,22)23/h7-9,12,16H,10-11H2,1-6H3/t12-,16-/m1/s1. The first-order valence-corrected chi connectivity index (χ1v) is 10.0. The van der Waals surface area contributed by atoms with E-state index in [0.717, 1.165) is 5.69 Å². The third-order valence-corrected chi connectivity index (χ3v) is 5.82. The lowest BCUT2D eigenvalue weighted by atomic mass is 10.0. The van der Waals surface area contributed by atoms with E-state index in [1.54, 1.807) is 18.0 Å². The topological polar surface area (TPSA) is 70.2 Å². The van der Waals surface area contributed by atoms with Crippen LogP contribution in [0.15, 0.2) is 18.2 Å². The fraction of sp³-hybridized carbons (Fsp3) is 0.588. The summed E-state index contributed by atoms with van der Waals surface area (Å²) in [5.41, 5.74) is 1.40. The molecule has 0 saturated carbocycles. The minimum atomic E-state index is -3.30. The Kier molecular flexibility index (Phi) is 5.63. The van der Waals surface area contributed by atoms with Crippen LogP contribution in [-0.4, -0.2) is 77.2 Å². The zero-order valence-electron chi connectivity index (χ0n) is 15.7. The molecule has 0 fully saturated rings. The molecule has 0 N–H and O–H groups in total. The van der Waals surface area contributed by atoms with E-state index in [-0.39, 0.29) is 24.5 Å². The summed E-state index contributed by atoms with van der Waals surface area (Å²) >= 11 is 0. The number of amides is 1. The number of rotatable bonds is 4. The van der Waals surface area contributed by atoms with E-state index in [4.69, 9.17) is 4.74 Å². The summed E-state index contributed by atoms with van der Waals surface area (Å²) in [5, 5.41) is 0. The molecule has 25 heavy (non-hydrogen) atoms. The number of carbonyl (C=O) groups is 1. The molecule has 8 heteroatoms. The van der Waals surface area contributed by atoms with E-state index >= 15 is 0 Å². The van der Waals surface area contributed by atoms with E-state index in [1.807, 2.05) is 38.1 Å². The number of carbonyl (C=O) groups excluding carboxylic acids is 1. The maximum atomic E-state index is 12.7. The van der Waals surface area contributed by atoms with E-state index in [2.05, 4.69) is 0 Å². The average Bonchev–Trinajstić information content (AvgIpc) is 2.51. The first-order chi connectivity index (χ1) is 11.5. The molecule has 1 aromatic rings. The monoisotopic (exact) mass is 369 g/mol. The smallest absolute Gasteiger partial charge is 0.257 e. The van der Waals surface area contributed by atoms with Gasteiger partial charge in [0.15, 0.2) is 0 Å². The molecule has 0 unspecified atom stereocenters. The molecule has 0 aliphatic carbocycles. The lowest BCUT2D eigenvalue weighted by Gasteiger charge is -2.34. The Balaban J connectivity index is 2.41. The summed E-state index contributed by atoms with van der Waals surface area (Å²) in [4.78, 5) is 16.3. The molecule has 7 nitrogen and oxygen atoms in total. The average molecular weight is 369 g/mol. The Morgan fingerprint density at radius 2 is 1.92 bits per heavy atom. The molecule has 1 aliphatic heterocycles. The van der Waals surface area contributed by atoms with E-state index in [1.165, 1.54) is 17.6 Å². The van der Waals surface area contributed by atoms with Gasteiger partial charge in [0.05, 0.1) is 18.4 Å². The van der Waals surface area contributed by atoms with E-state index in [0.29, 0.717) is 17.9 Å². The number of anilines is 1. The number of fused-ring (bicyclic) bond motifs is 1. The zero-order chi connectivity index (χ0) is 18.9. The molecule has 1 amide bonds. The fourth-order valence-electron chi connectivity index (χ4n) is 2.79. The number of likely N-dealkylation sites (N-methyl/N-ethyl adjacent to an activating group) is 1. The van der Waals surface area contributed by atoms with Gasteiger partial charge in [-0.2, -0.15) is 0 Å². The van der Waals surface area contributed by atoms with Crippen LogP contribution in [0.25, 0.3) is 0 Å². The maximum absolute atomic E-state index is 12.7. The van der Waals surface area contributed by atoms with Crippen LogP contribution in [-0.2, 0) is 10.0 Å². The normalized spacial score (nSPS) is 21.4. The molecule has 2 atom stereocenters. The van der Waals surface area contributed by atoms with Gasteiger partial charge >= 0.3 is 0 Å². The van der Waals surface area contributed by atoms with Crippen molar-refractivity contribution in [2.75, 3.05) is 52.4 Å². The molecular weight excluding hydrogens is 342 g/mol. The lowest BCUT2D eigenvalue weighted by molar-refractivity contribution is 0.0605. The molecule has 1 heterocycles. The van der Waals surface area contributed by atoms with Crippen molar-refractivity contribution < 1.29 is 17.9 Å². The third kappa shape index (κ3) is 4.43. The van der Waals surface area contributed by atoms with Crippen molar-refractivity contribution in [1.82, 2.24) is 9.21 Å². The van der Waals surface area contributed by atoms with Gasteiger partial charge in [-0.05, 0) is 18.2 Å². The molecule has 140 valence electrons. The minimum Gasteiger partial charge on any atom is -0.488 e. The molecule has 1 aliphatic rings. The number of sulfonamides is 1. The molecule has 0 saturated heterocycles. The van der Waals surface area contributed by atoms with Crippen molar-refractivity contribution in [3.05, 3.63) is 23.8 Å². The van der Waals surface area contributed by atoms with Gasteiger partial charge in [0.1, 0.15) is 11.9 Å². The minimum absolute atomic E-state index is 0.0141. The Hall–Kier alpha value is -1.80. The first-order valence-electron chi connectivity index (χ1n) is 8.15. The quantitative estimate of drug-likeness (QED) is 0.795. The Morgan fingerprint density at radius 3 is 2.48 bits per heavy atom. The predicted molar refractivity (Wildman–Crippen MR) is 98.8 cm³/mol. The van der Waals surface area contributed by atoms with Crippen molar-refractivity contribution in [2.24, 2.45) is 5.92 Å². The second kappa shape index (κ2) is 7.21. The van der Waals surface area contributed by atoms with Crippen LogP contribution >= 0.6 is 0 Å². The van der Waals surface area contributed by atoms with Gasteiger partial charge in [-0.3, -0.25) is 4.79 Å². The molecule has 2 rings (SSSR count). The lowest BCUT2D eigenvalue weighted by Crippen LogP contribution is -2.46. The number of ether oxygens (including phenoxy) is 1. The number of nitrogens with zero attached hydrogens (tertiary/aromatic N) is 3. The van der Waals surface area contributed by atoms with Gasteiger partial charge < -0.3 is 14.5 Å². The Labute approximate surface area is 150 Å². The number of hydrogen-bond donors (Lipinski definition) is 0. The van der Waals surface area contributed by atoms with Crippen LogP contribution in [0.2, 0.25) is 0 Å². The largest absolute Gasteiger partial charge is 0.488 e. The maximum Gasteiger partial charge on any atom is 0.257 e. The molecule has 1 aromatic carbocycles. The van der Waals surface area contributed by atoms with Crippen molar-refractivity contribution in [2.45, 2.75) is 13.0 Å². The fourth-order valence-corrected chi connectivity index (χ4v) is 3.21. The molecule has 0 radical (unpaired) electrons. The highest BCUT2D eigenvalue weighted by molar-refractivity contribution is 7.88. The Morgan fingerprint density at radius 1 is 1.28 bits per heavy atom. The van der Waals surface area contributed by atoms with E-state index < -0.39 is 10.0 Å². The molecule has 0 spiro atoms. The van der Waals surface area contributed by atoms with Crippen molar-refractivity contribution in [3.8, 4) is 5.75 Å². The molecule has 0 aromatic heterocycles. The summed E-state index contributed by atoms with van der Waals surface area (Å²) in [6.45, 7) is 2.69. The van der Waals surface area contributed by atoms with Gasteiger partial charge in [-0.15, -0.1) is 0 Å². The van der Waals surface area contributed by atoms with Crippen LogP contribution in [0.1, 0.15) is 17.3 Å². The van der Waals surface area contributed by atoms with E-state index in [9.17, 15) is 13.2 Å². The highest BCUT2D eigenvalue weighted by Crippen LogP contribution is 2.30. The van der Waals surface area contributed by atoms with Gasteiger partial charge in [-0.1, -0.05) is 6.92 Å². The summed E-state index contributed by atoms with van der Waals surface area (Å²) in [6, 6.07) is 5.47. The van der Waals surface area contributed by atoms with Gasteiger partial charge in [0.25, 0.3) is 5.91 Å². The van der Waals surface area contributed by atoms with Crippen LogP contribution in [0.3, 0.4) is 0 Å². The first kappa shape index (κ1) is 19.5. The van der Waals surface area contributed by atoms with Gasteiger partial charge in [-0.25, -0.2) is 12.7 Å². The second-order valence-electron chi connectivity index (χ2n) is 6.94. The number of benzene rings is 1. The predicted octanol–water partition coefficient (Wildman–Crippen LogP) is 1.11. The molecule has 0 bridgehead atoms. The van der Waals surface area contributed by atoms with Crippen LogP contribution in [0.4, 0.5) is 5.69 Å². The van der Waals surface area contributed by atoms with Crippen LogP contribution in [0, 0.1) is 5.92 Å². The summed E-state index contributed by atoms with van der Waals surface area (Å²) < 4.78 is 30.9. The summed E-state index contributed by atoms with van der Waals surface area (Å²) in [6.07, 6.45) is 0.826. The Bertz CT molecular complexity index is 748. The summed E-state index contributed by atoms with van der Waals surface area (Å²) in [5.74, 6) is 0.376. The number of hydrogen-bond acceptors (Lipinski definition) is 5. The van der Waals surface area contributed by atoms with Crippen molar-refractivity contribution >= 4 is 21.6 Å². The molecular formula is C17H27N3O4S. The van der Waals surface area contributed by atoms with Gasteiger partial charge in [0.2, 0.25) is 10.0 Å². The van der Waals surface area contributed by atoms with Crippen LogP contribution in [0.5, 0.6) is 5.75 Å². The van der Waals surface area contributed by atoms with Crippen LogP contribution < -0.4 is 9.64 Å².